The van der Waals surface area contributed by atoms with Crippen LogP contribution in [0.4, 0.5) is 0 Å². The van der Waals surface area contributed by atoms with E-state index in [1.165, 1.54) is 29.8 Å². The van der Waals surface area contributed by atoms with E-state index < -0.39 is 48.3 Å². The summed E-state index contributed by atoms with van der Waals surface area (Å²) in [6.07, 6.45) is 4.48. The highest BCUT2D eigenvalue weighted by molar-refractivity contribution is 7.98. The standard InChI is InChI=1S/C33H47N5O7S.ClH/c1-22-18-25(39)14-13-24(22)20-26(34)32(43)37-27(15-17-46-3)33(44)36-21-29(40)38(16-9-5-8-12-30(41)45-2)28(31(35)42)19-23-10-6-4-7-11-23;/h4,6-7,10-11,13-14,18,26-28,39H,5,8-9,12,15-17,19-21,34H2,1-3H3,(H2,35,42)(H,36,44)(H,37,43);1H/t26-,27+,28-;/m0./s1. The van der Waals surface area contributed by atoms with E-state index in [4.69, 9.17) is 11.5 Å². The van der Waals surface area contributed by atoms with Crippen LogP contribution in [0.5, 0.6) is 5.75 Å². The molecular formula is C33H48ClN5O7S. The van der Waals surface area contributed by atoms with Crippen molar-refractivity contribution in [3.8, 4) is 5.75 Å². The minimum Gasteiger partial charge on any atom is -0.508 e. The number of hydrogen-bond donors (Lipinski definition) is 5. The molecule has 12 nitrogen and oxygen atoms in total. The SMILES string of the molecule is COC(=O)CCCCCN(C(=O)CNC(=O)[C@@H](CCSC)NC(=O)[C@@H](N)Cc1ccc(O)cc1C)[C@@H](Cc1ccccc1)C(N)=O.Cl. The number of carbonyl (C=O) groups is 5. The van der Waals surface area contributed by atoms with Gasteiger partial charge in [0.15, 0.2) is 0 Å². The summed E-state index contributed by atoms with van der Waals surface area (Å²) >= 11 is 1.50. The van der Waals surface area contributed by atoms with Gasteiger partial charge in [-0.1, -0.05) is 42.8 Å². The average Bonchev–Trinajstić information content (AvgIpc) is 3.03. The fourth-order valence-electron chi connectivity index (χ4n) is 4.90. The largest absolute Gasteiger partial charge is 0.508 e. The predicted molar refractivity (Wildman–Crippen MR) is 185 cm³/mol. The number of benzene rings is 2. The van der Waals surface area contributed by atoms with Crippen LogP contribution in [-0.2, 0) is 41.6 Å². The Morgan fingerprint density at radius 2 is 1.70 bits per heavy atom. The number of methoxy groups -OCH3 is 1. The molecule has 4 amide bonds. The van der Waals surface area contributed by atoms with Gasteiger partial charge in [-0.05, 0) is 73.4 Å². The first kappa shape index (κ1) is 41.2. The van der Waals surface area contributed by atoms with Crippen molar-refractivity contribution < 1.29 is 33.8 Å². The van der Waals surface area contributed by atoms with Crippen molar-refractivity contribution in [3.63, 3.8) is 0 Å². The van der Waals surface area contributed by atoms with Crippen LogP contribution >= 0.6 is 24.2 Å². The second-order valence-corrected chi connectivity index (χ2v) is 12.0. The van der Waals surface area contributed by atoms with Crippen molar-refractivity contribution in [1.82, 2.24) is 15.5 Å². The number of esters is 1. The van der Waals surface area contributed by atoms with Crippen molar-refractivity contribution in [2.45, 2.75) is 70.0 Å². The molecule has 0 radical (unpaired) electrons. The predicted octanol–water partition coefficient (Wildman–Crippen LogP) is 2.00. The molecule has 0 saturated carbocycles. The van der Waals surface area contributed by atoms with Gasteiger partial charge in [-0.15, -0.1) is 12.4 Å². The molecule has 7 N–H and O–H groups in total. The fourth-order valence-corrected chi connectivity index (χ4v) is 5.37. The second-order valence-electron chi connectivity index (χ2n) is 11.1. The second kappa shape index (κ2) is 21.9. The third-order valence-electron chi connectivity index (χ3n) is 7.56. The lowest BCUT2D eigenvalue weighted by atomic mass is 10.0. The zero-order chi connectivity index (χ0) is 34.1. The number of aryl methyl sites for hydroxylation is 1. The number of rotatable bonds is 20. The van der Waals surface area contributed by atoms with Crippen LogP contribution in [0.25, 0.3) is 0 Å². The van der Waals surface area contributed by atoms with Gasteiger partial charge in [0.2, 0.25) is 23.6 Å². The number of phenolic OH excluding ortho intramolecular Hbond substituents is 1. The van der Waals surface area contributed by atoms with E-state index in [9.17, 15) is 29.1 Å². The molecule has 0 spiro atoms. The first-order valence-corrected chi connectivity index (χ1v) is 16.7. The van der Waals surface area contributed by atoms with Crippen molar-refractivity contribution in [2.75, 3.05) is 32.2 Å². The third kappa shape index (κ3) is 14.7. The highest BCUT2D eigenvalue weighted by Gasteiger charge is 2.30. The Bertz CT molecular complexity index is 1320. The summed E-state index contributed by atoms with van der Waals surface area (Å²) in [7, 11) is 1.32. The van der Waals surface area contributed by atoms with Gasteiger partial charge in [0.1, 0.15) is 17.8 Å². The summed E-state index contributed by atoms with van der Waals surface area (Å²) in [4.78, 5) is 65.2. The molecule has 3 atom stereocenters. The summed E-state index contributed by atoms with van der Waals surface area (Å²) < 4.78 is 4.67. The molecular weight excluding hydrogens is 646 g/mol. The molecule has 0 aliphatic carbocycles. The number of unbranched alkanes of at least 4 members (excludes halogenated alkanes) is 2. The van der Waals surface area contributed by atoms with Gasteiger partial charge < -0.3 is 36.8 Å². The first-order valence-electron chi connectivity index (χ1n) is 15.3. The van der Waals surface area contributed by atoms with Gasteiger partial charge in [0.05, 0.1) is 19.7 Å². The Hall–Kier alpha value is -3.81. The molecule has 47 heavy (non-hydrogen) atoms. The molecule has 14 heteroatoms. The van der Waals surface area contributed by atoms with E-state index in [0.717, 1.165) is 16.7 Å². The maximum atomic E-state index is 13.5. The topological polar surface area (TPSA) is 194 Å². The number of primary amides is 1. The van der Waals surface area contributed by atoms with Crippen LogP contribution in [0.1, 0.15) is 48.8 Å². The lowest BCUT2D eigenvalue weighted by Gasteiger charge is -2.30. The van der Waals surface area contributed by atoms with Gasteiger partial charge in [0.25, 0.3) is 0 Å². The van der Waals surface area contributed by atoms with E-state index in [1.54, 1.807) is 19.1 Å². The highest BCUT2D eigenvalue weighted by atomic mass is 35.5. The minimum atomic E-state index is -0.958. The monoisotopic (exact) mass is 693 g/mol. The number of aromatic hydroxyl groups is 1. The van der Waals surface area contributed by atoms with Crippen LogP contribution in [0.3, 0.4) is 0 Å². The minimum absolute atomic E-state index is 0. The number of amides is 4. The Morgan fingerprint density at radius 1 is 1.00 bits per heavy atom. The molecule has 0 aliphatic rings. The number of carbonyl (C=O) groups excluding carboxylic acids is 5. The average molecular weight is 694 g/mol. The number of hydrogen-bond acceptors (Lipinski definition) is 9. The highest BCUT2D eigenvalue weighted by Crippen LogP contribution is 2.17. The Morgan fingerprint density at radius 3 is 2.32 bits per heavy atom. The number of phenols is 1. The quantitative estimate of drug-likeness (QED) is 0.102. The molecule has 0 heterocycles. The molecule has 0 saturated heterocycles. The molecule has 0 bridgehead atoms. The Balaban J connectivity index is 0.0000110. The van der Waals surface area contributed by atoms with E-state index >= 15 is 0 Å². The molecule has 0 aromatic heterocycles. The molecule has 260 valence electrons. The van der Waals surface area contributed by atoms with E-state index in [2.05, 4.69) is 15.4 Å². The fraction of sp³-hybridized carbons (Fsp3) is 0.485. The number of thioether (sulfide) groups is 1. The van der Waals surface area contributed by atoms with Crippen molar-refractivity contribution in [2.24, 2.45) is 11.5 Å². The molecule has 2 aromatic carbocycles. The van der Waals surface area contributed by atoms with Gasteiger partial charge in [-0.2, -0.15) is 11.8 Å². The number of halogens is 1. The lowest BCUT2D eigenvalue weighted by molar-refractivity contribution is -0.141. The Labute approximate surface area is 287 Å². The maximum absolute atomic E-state index is 13.5. The van der Waals surface area contributed by atoms with E-state index in [0.29, 0.717) is 31.4 Å². The molecule has 0 unspecified atom stereocenters. The summed E-state index contributed by atoms with van der Waals surface area (Å²) in [6.45, 7) is 1.58. The van der Waals surface area contributed by atoms with Crippen LogP contribution < -0.4 is 22.1 Å². The van der Waals surface area contributed by atoms with Crippen molar-refractivity contribution in [3.05, 3.63) is 65.2 Å². The number of ether oxygens (including phenoxy) is 1. The molecule has 0 fully saturated rings. The molecule has 0 aliphatic heterocycles. The van der Waals surface area contributed by atoms with Crippen molar-refractivity contribution in [1.29, 1.82) is 0 Å². The van der Waals surface area contributed by atoms with Gasteiger partial charge in [0, 0.05) is 19.4 Å². The number of nitrogens with zero attached hydrogens (tertiary/aromatic N) is 1. The zero-order valence-electron chi connectivity index (χ0n) is 27.2. The van der Waals surface area contributed by atoms with Gasteiger partial charge in [-0.25, -0.2) is 0 Å². The first-order chi connectivity index (χ1) is 22.0. The number of nitrogens with two attached hydrogens (primary N) is 2. The van der Waals surface area contributed by atoms with Gasteiger partial charge >= 0.3 is 5.97 Å². The summed E-state index contributed by atoms with van der Waals surface area (Å²) in [5.74, 6) is -1.91. The zero-order valence-corrected chi connectivity index (χ0v) is 28.9. The summed E-state index contributed by atoms with van der Waals surface area (Å²) in [6, 6.07) is 11.1. The number of nitrogens with one attached hydrogen (secondary N) is 2. The molecule has 2 rings (SSSR count). The van der Waals surface area contributed by atoms with Crippen LogP contribution in [-0.4, -0.2) is 89.9 Å². The normalized spacial score (nSPS) is 12.5. The van der Waals surface area contributed by atoms with Crippen LogP contribution in [0.15, 0.2) is 48.5 Å². The Kier molecular flexibility index (Phi) is 19.2. The summed E-state index contributed by atoms with van der Waals surface area (Å²) in [5, 5.41) is 15.0. The van der Waals surface area contributed by atoms with Crippen LogP contribution in [0, 0.1) is 6.92 Å². The van der Waals surface area contributed by atoms with E-state index in [1.807, 2.05) is 36.6 Å². The van der Waals surface area contributed by atoms with Gasteiger partial charge in [-0.3, -0.25) is 24.0 Å². The lowest BCUT2D eigenvalue weighted by Crippen LogP contribution is -2.55. The smallest absolute Gasteiger partial charge is 0.305 e. The third-order valence-corrected chi connectivity index (χ3v) is 8.21. The van der Waals surface area contributed by atoms with E-state index in [-0.39, 0.29) is 49.9 Å². The van der Waals surface area contributed by atoms with Crippen molar-refractivity contribution >= 4 is 53.8 Å². The van der Waals surface area contributed by atoms with Crippen LogP contribution in [0.2, 0.25) is 0 Å². The summed E-state index contributed by atoms with van der Waals surface area (Å²) in [5.41, 5.74) is 14.3. The maximum Gasteiger partial charge on any atom is 0.305 e. The molecule has 2 aromatic rings.